The first-order valence-corrected chi connectivity index (χ1v) is 9.98. The highest BCUT2D eigenvalue weighted by Gasteiger charge is 2.18. The number of aryl methyl sites for hydroxylation is 1. The summed E-state index contributed by atoms with van der Waals surface area (Å²) in [5, 5.41) is 5.72. The van der Waals surface area contributed by atoms with Crippen LogP contribution in [0, 0.1) is 6.92 Å². The molecule has 30 heavy (non-hydrogen) atoms. The predicted molar refractivity (Wildman–Crippen MR) is 119 cm³/mol. The first kappa shape index (κ1) is 21.1. The third kappa shape index (κ3) is 5.95. The molecule has 0 saturated carbocycles. The van der Waals surface area contributed by atoms with E-state index in [0.29, 0.717) is 23.5 Å². The summed E-state index contributed by atoms with van der Waals surface area (Å²) in [4.78, 5) is 25.2. The summed E-state index contributed by atoms with van der Waals surface area (Å²) in [6.07, 6.45) is 0.0312. The Hall–Kier alpha value is -3.60. The van der Waals surface area contributed by atoms with E-state index >= 15 is 0 Å². The maximum atomic E-state index is 12.6. The Labute approximate surface area is 177 Å². The van der Waals surface area contributed by atoms with Crippen LogP contribution in [0.4, 0.5) is 5.69 Å². The number of benzene rings is 3. The van der Waals surface area contributed by atoms with Crippen molar-refractivity contribution in [1.82, 2.24) is 5.32 Å². The highest BCUT2D eigenvalue weighted by molar-refractivity contribution is 6.04. The van der Waals surface area contributed by atoms with Crippen LogP contribution in [0.25, 0.3) is 0 Å². The van der Waals surface area contributed by atoms with E-state index in [1.54, 1.807) is 31.2 Å². The zero-order valence-corrected chi connectivity index (χ0v) is 17.2. The van der Waals surface area contributed by atoms with Gasteiger partial charge in [0.2, 0.25) is 0 Å². The van der Waals surface area contributed by atoms with Gasteiger partial charge in [0.05, 0.1) is 11.3 Å². The van der Waals surface area contributed by atoms with Gasteiger partial charge in [0.15, 0.2) is 6.10 Å². The molecule has 0 fully saturated rings. The van der Waals surface area contributed by atoms with E-state index in [9.17, 15) is 9.59 Å². The van der Waals surface area contributed by atoms with Crippen molar-refractivity contribution in [2.75, 3.05) is 11.9 Å². The van der Waals surface area contributed by atoms with Crippen LogP contribution in [-0.4, -0.2) is 24.5 Å². The number of ether oxygens (including phenoxy) is 1. The lowest BCUT2D eigenvalue weighted by Crippen LogP contribution is -2.32. The Morgan fingerprint density at radius 1 is 0.933 bits per heavy atom. The summed E-state index contributed by atoms with van der Waals surface area (Å²) < 4.78 is 5.73. The van der Waals surface area contributed by atoms with Crippen molar-refractivity contribution < 1.29 is 14.3 Å². The van der Waals surface area contributed by atoms with Crippen molar-refractivity contribution in [2.45, 2.75) is 26.4 Å². The minimum atomic E-state index is -0.707. The minimum Gasteiger partial charge on any atom is -0.481 e. The first-order chi connectivity index (χ1) is 14.5. The molecular weight excluding hydrogens is 376 g/mol. The average Bonchev–Trinajstić information content (AvgIpc) is 2.75. The van der Waals surface area contributed by atoms with E-state index in [1.807, 2.05) is 61.5 Å². The van der Waals surface area contributed by atoms with E-state index in [0.717, 1.165) is 17.5 Å². The average molecular weight is 402 g/mol. The molecule has 1 atom stereocenters. The van der Waals surface area contributed by atoms with Crippen molar-refractivity contribution in [2.24, 2.45) is 0 Å². The summed E-state index contributed by atoms with van der Waals surface area (Å²) in [5.74, 6) is 0.0831. The SMILES string of the molecule is Cc1cccc(O[C@H](C)C(=O)Nc2ccccc2C(=O)NCCc2ccccc2)c1. The van der Waals surface area contributed by atoms with Gasteiger partial charge in [-0.25, -0.2) is 0 Å². The van der Waals surface area contributed by atoms with Gasteiger partial charge in [-0.2, -0.15) is 0 Å². The highest BCUT2D eigenvalue weighted by Crippen LogP contribution is 2.18. The third-order valence-corrected chi connectivity index (χ3v) is 4.64. The number of para-hydroxylation sites is 1. The van der Waals surface area contributed by atoms with Crippen molar-refractivity contribution >= 4 is 17.5 Å². The van der Waals surface area contributed by atoms with E-state index in [4.69, 9.17) is 4.74 Å². The number of hydrogen-bond acceptors (Lipinski definition) is 3. The van der Waals surface area contributed by atoms with Gasteiger partial charge in [-0.1, -0.05) is 54.6 Å². The highest BCUT2D eigenvalue weighted by atomic mass is 16.5. The Balaban J connectivity index is 1.59. The molecule has 0 bridgehead atoms. The van der Waals surface area contributed by atoms with E-state index in [1.165, 1.54) is 0 Å². The van der Waals surface area contributed by atoms with Crippen LogP contribution in [0.2, 0.25) is 0 Å². The molecule has 0 spiro atoms. The number of carbonyl (C=O) groups excluding carboxylic acids is 2. The molecule has 5 nitrogen and oxygen atoms in total. The molecule has 0 aliphatic heterocycles. The molecule has 0 heterocycles. The molecule has 0 saturated heterocycles. The Bertz CT molecular complexity index is 1000. The summed E-state index contributed by atoms with van der Waals surface area (Å²) in [6.45, 7) is 4.16. The standard InChI is InChI=1S/C25H26N2O3/c1-18-9-8-12-21(17-18)30-19(2)24(28)27-23-14-7-6-13-22(23)25(29)26-16-15-20-10-4-3-5-11-20/h3-14,17,19H,15-16H2,1-2H3,(H,26,29)(H,27,28)/t19-/m1/s1. The van der Waals surface area contributed by atoms with Crippen molar-refractivity contribution in [3.63, 3.8) is 0 Å². The van der Waals surface area contributed by atoms with Crippen LogP contribution in [0.5, 0.6) is 5.75 Å². The molecule has 154 valence electrons. The monoisotopic (exact) mass is 402 g/mol. The fourth-order valence-electron chi connectivity index (χ4n) is 3.03. The van der Waals surface area contributed by atoms with Gasteiger partial charge in [-0.05, 0) is 55.7 Å². The lowest BCUT2D eigenvalue weighted by Gasteiger charge is -2.16. The summed E-state index contributed by atoms with van der Waals surface area (Å²) in [7, 11) is 0. The van der Waals surface area contributed by atoms with E-state index in [-0.39, 0.29) is 11.8 Å². The number of rotatable bonds is 8. The molecule has 3 aromatic rings. The number of amides is 2. The third-order valence-electron chi connectivity index (χ3n) is 4.64. The number of carbonyl (C=O) groups is 2. The van der Waals surface area contributed by atoms with Crippen molar-refractivity contribution in [3.05, 3.63) is 95.6 Å². The Morgan fingerprint density at radius 3 is 2.43 bits per heavy atom. The van der Waals surface area contributed by atoms with Crippen LogP contribution in [-0.2, 0) is 11.2 Å². The maximum Gasteiger partial charge on any atom is 0.265 e. The number of hydrogen-bond donors (Lipinski definition) is 2. The molecule has 2 amide bonds. The summed E-state index contributed by atoms with van der Waals surface area (Å²) in [6, 6.07) is 24.4. The van der Waals surface area contributed by atoms with Gasteiger partial charge in [0, 0.05) is 6.54 Å². The second kappa shape index (κ2) is 10.3. The smallest absolute Gasteiger partial charge is 0.265 e. The molecule has 5 heteroatoms. The predicted octanol–water partition coefficient (Wildman–Crippen LogP) is 4.37. The largest absolute Gasteiger partial charge is 0.481 e. The molecule has 0 unspecified atom stereocenters. The summed E-state index contributed by atoms with van der Waals surface area (Å²) in [5.41, 5.74) is 3.08. The lowest BCUT2D eigenvalue weighted by molar-refractivity contribution is -0.122. The van der Waals surface area contributed by atoms with Crippen molar-refractivity contribution in [1.29, 1.82) is 0 Å². The van der Waals surface area contributed by atoms with Crippen LogP contribution in [0.1, 0.15) is 28.4 Å². The van der Waals surface area contributed by atoms with Crippen LogP contribution >= 0.6 is 0 Å². The van der Waals surface area contributed by atoms with Gasteiger partial charge in [0.25, 0.3) is 11.8 Å². The van der Waals surface area contributed by atoms with Gasteiger partial charge in [0.1, 0.15) is 5.75 Å². The van der Waals surface area contributed by atoms with Crippen LogP contribution < -0.4 is 15.4 Å². The van der Waals surface area contributed by atoms with E-state index in [2.05, 4.69) is 10.6 Å². The molecule has 0 radical (unpaired) electrons. The van der Waals surface area contributed by atoms with Crippen LogP contribution in [0.15, 0.2) is 78.9 Å². The topological polar surface area (TPSA) is 67.4 Å². The van der Waals surface area contributed by atoms with Gasteiger partial charge < -0.3 is 15.4 Å². The minimum absolute atomic E-state index is 0.228. The fourth-order valence-corrected chi connectivity index (χ4v) is 3.03. The molecule has 0 aromatic heterocycles. The van der Waals surface area contributed by atoms with Crippen LogP contribution in [0.3, 0.4) is 0 Å². The second-order valence-electron chi connectivity index (χ2n) is 7.10. The van der Waals surface area contributed by atoms with Gasteiger partial charge in [-0.15, -0.1) is 0 Å². The summed E-state index contributed by atoms with van der Waals surface area (Å²) >= 11 is 0. The zero-order valence-electron chi connectivity index (χ0n) is 17.2. The van der Waals surface area contributed by atoms with Gasteiger partial charge >= 0.3 is 0 Å². The maximum absolute atomic E-state index is 12.6. The fraction of sp³-hybridized carbons (Fsp3) is 0.200. The molecule has 0 aliphatic rings. The number of nitrogens with one attached hydrogen (secondary N) is 2. The lowest BCUT2D eigenvalue weighted by atomic mass is 10.1. The van der Waals surface area contributed by atoms with Crippen molar-refractivity contribution in [3.8, 4) is 5.75 Å². The van der Waals surface area contributed by atoms with E-state index < -0.39 is 6.10 Å². The molecular formula is C25H26N2O3. The second-order valence-corrected chi connectivity index (χ2v) is 7.10. The molecule has 2 N–H and O–H groups in total. The first-order valence-electron chi connectivity index (χ1n) is 9.98. The normalized spacial score (nSPS) is 11.4. The zero-order chi connectivity index (χ0) is 21.3. The quantitative estimate of drug-likeness (QED) is 0.588. The number of anilines is 1. The Morgan fingerprint density at radius 2 is 1.67 bits per heavy atom. The Kier molecular flexibility index (Phi) is 7.22. The molecule has 3 aromatic carbocycles. The molecule has 0 aliphatic carbocycles. The molecule has 3 rings (SSSR count). The van der Waals surface area contributed by atoms with Gasteiger partial charge in [-0.3, -0.25) is 9.59 Å².